The SMILES string of the molecule is NCCn1ncc2c(Cl)cc(Cl)cc21. The van der Waals surface area contributed by atoms with Crippen molar-refractivity contribution < 1.29 is 0 Å². The van der Waals surface area contributed by atoms with Gasteiger partial charge in [0.05, 0.1) is 23.3 Å². The lowest BCUT2D eigenvalue weighted by Crippen LogP contribution is -2.10. The number of nitrogens with zero attached hydrogens (tertiary/aromatic N) is 2. The normalized spacial score (nSPS) is 11.1. The van der Waals surface area contributed by atoms with Gasteiger partial charge in [-0.3, -0.25) is 4.68 Å². The molecule has 74 valence electrons. The van der Waals surface area contributed by atoms with Gasteiger partial charge in [0.25, 0.3) is 0 Å². The minimum absolute atomic E-state index is 0.543. The Morgan fingerprint density at radius 2 is 2.14 bits per heavy atom. The summed E-state index contributed by atoms with van der Waals surface area (Å²) in [6.07, 6.45) is 1.73. The monoisotopic (exact) mass is 229 g/mol. The molecule has 0 fully saturated rings. The standard InChI is InChI=1S/C9H9Cl2N3/c10-6-3-8(11)7-5-13-14(2-1-12)9(7)4-6/h3-5H,1-2,12H2. The van der Waals surface area contributed by atoms with Crippen LogP contribution in [-0.4, -0.2) is 16.3 Å². The fourth-order valence-electron chi connectivity index (χ4n) is 1.40. The number of fused-ring (bicyclic) bond motifs is 1. The molecule has 1 heterocycles. The van der Waals surface area contributed by atoms with Crippen LogP contribution in [0.1, 0.15) is 0 Å². The van der Waals surface area contributed by atoms with E-state index in [0.29, 0.717) is 23.1 Å². The zero-order chi connectivity index (χ0) is 10.1. The molecule has 0 aliphatic carbocycles. The largest absolute Gasteiger partial charge is 0.329 e. The van der Waals surface area contributed by atoms with Crippen molar-refractivity contribution in [3.05, 3.63) is 28.4 Å². The predicted molar refractivity (Wildman–Crippen MR) is 58.8 cm³/mol. The number of rotatable bonds is 2. The summed E-state index contributed by atoms with van der Waals surface area (Å²) in [5, 5.41) is 6.32. The van der Waals surface area contributed by atoms with E-state index in [2.05, 4.69) is 5.10 Å². The second-order valence-corrected chi connectivity index (χ2v) is 3.82. The van der Waals surface area contributed by atoms with Crippen molar-refractivity contribution in [2.24, 2.45) is 5.73 Å². The minimum atomic E-state index is 0.543. The lowest BCUT2D eigenvalue weighted by molar-refractivity contribution is 0.646. The highest BCUT2D eigenvalue weighted by molar-refractivity contribution is 6.38. The highest BCUT2D eigenvalue weighted by Crippen LogP contribution is 2.27. The van der Waals surface area contributed by atoms with E-state index in [9.17, 15) is 0 Å². The van der Waals surface area contributed by atoms with Crippen LogP contribution in [0.3, 0.4) is 0 Å². The minimum Gasteiger partial charge on any atom is -0.329 e. The second-order valence-electron chi connectivity index (χ2n) is 2.98. The van der Waals surface area contributed by atoms with Crippen LogP contribution in [0.25, 0.3) is 10.9 Å². The van der Waals surface area contributed by atoms with E-state index >= 15 is 0 Å². The lowest BCUT2D eigenvalue weighted by atomic mass is 10.2. The second kappa shape index (κ2) is 3.77. The molecule has 2 N–H and O–H groups in total. The first-order valence-corrected chi connectivity index (χ1v) is 4.98. The van der Waals surface area contributed by atoms with E-state index in [0.717, 1.165) is 10.9 Å². The summed E-state index contributed by atoms with van der Waals surface area (Å²) in [5.41, 5.74) is 6.38. The van der Waals surface area contributed by atoms with E-state index in [1.807, 2.05) is 6.07 Å². The summed E-state index contributed by atoms with van der Waals surface area (Å²) >= 11 is 11.9. The van der Waals surface area contributed by atoms with Gasteiger partial charge in [-0.1, -0.05) is 23.2 Å². The van der Waals surface area contributed by atoms with Gasteiger partial charge in [0.15, 0.2) is 0 Å². The first-order chi connectivity index (χ1) is 6.72. The maximum atomic E-state index is 6.01. The molecule has 1 aromatic carbocycles. The Kier molecular flexibility index (Phi) is 2.63. The molecule has 3 nitrogen and oxygen atoms in total. The van der Waals surface area contributed by atoms with Crippen LogP contribution >= 0.6 is 23.2 Å². The molecule has 0 spiro atoms. The van der Waals surface area contributed by atoms with Gasteiger partial charge in [-0.25, -0.2) is 0 Å². The molecule has 0 aliphatic heterocycles. The third kappa shape index (κ3) is 1.59. The number of hydrogen-bond acceptors (Lipinski definition) is 2. The summed E-state index contributed by atoms with van der Waals surface area (Å²) in [6, 6.07) is 3.55. The summed E-state index contributed by atoms with van der Waals surface area (Å²) in [5.74, 6) is 0. The Bertz CT molecular complexity index is 464. The van der Waals surface area contributed by atoms with Crippen molar-refractivity contribution in [1.82, 2.24) is 9.78 Å². The topological polar surface area (TPSA) is 43.8 Å². The van der Waals surface area contributed by atoms with Gasteiger partial charge in [0.1, 0.15) is 0 Å². The smallest absolute Gasteiger partial charge is 0.0712 e. The Balaban J connectivity index is 2.66. The third-order valence-corrected chi connectivity index (χ3v) is 2.55. The van der Waals surface area contributed by atoms with E-state index in [-0.39, 0.29) is 0 Å². The highest BCUT2D eigenvalue weighted by atomic mass is 35.5. The van der Waals surface area contributed by atoms with Crippen LogP contribution in [0.15, 0.2) is 18.3 Å². The first kappa shape index (κ1) is 9.77. The quantitative estimate of drug-likeness (QED) is 0.860. The number of benzene rings is 1. The van der Waals surface area contributed by atoms with Gasteiger partial charge >= 0.3 is 0 Å². The fraction of sp³-hybridized carbons (Fsp3) is 0.222. The average molecular weight is 230 g/mol. The third-order valence-electron chi connectivity index (χ3n) is 2.02. The lowest BCUT2D eigenvalue weighted by Gasteiger charge is -2.01. The zero-order valence-corrected chi connectivity index (χ0v) is 8.89. The number of aromatic nitrogens is 2. The molecule has 0 radical (unpaired) electrons. The first-order valence-electron chi connectivity index (χ1n) is 4.23. The van der Waals surface area contributed by atoms with Crippen LogP contribution < -0.4 is 5.73 Å². The molecule has 0 saturated heterocycles. The summed E-state index contributed by atoms with van der Waals surface area (Å²) in [6.45, 7) is 1.21. The molecule has 0 aliphatic rings. The van der Waals surface area contributed by atoms with Crippen LogP contribution in [-0.2, 0) is 6.54 Å². The Labute approximate surface area is 91.4 Å². The molecule has 0 atom stereocenters. The van der Waals surface area contributed by atoms with E-state index in [4.69, 9.17) is 28.9 Å². The molecular weight excluding hydrogens is 221 g/mol. The van der Waals surface area contributed by atoms with E-state index in [1.165, 1.54) is 0 Å². The molecule has 5 heteroatoms. The molecule has 0 bridgehead atoms. The molecule has 0 saturated carbocycles. The van der Waals surface area contributed by atoms with Gasteiger partial charge in [0.2, 0.25) is 0 Å². The van der Waals surface area contributed by atoms with Crippen molar-refractivity contribution in [2.45, 2.75) is 6.54 Å². The predicted octanol–water partition coefficient (Wildman–Crippen LogP) is 2.30. The summed E-state index contributed by atoms with van der Waals surface area (Å²) in [4.78, 5) is 0. The van der Waals surface area contributed by atoms with Crippen molar-refractivity contribution in [3.63, 3.8) is 0 Å². The fourth-order valence-corrected chi connectivity index (χ4v) is 1.93. The van der Waals surface area contributed by atoms with Crippen LogP contribution in [0, 0.1) is 0 Å². The van der Waals surface area contributed by atoms with E-state index in [1.54, 1.807) is 16.9 Å². The molecule has 0 unspecified atom stereocenters. The van der Waals surface area contributed by atoms with Gasteiger partial charge in [0, 0.05) is 17.0 Å². The number of nitrogens with two attached hydrogens (primary N) is 1. The van der Waals surface area contributed by atoms with Gasteiger partial charge < -0.3 is 5.73 Å². The summed E-state index contributed by atoms with van der Waals surface area (Å²) in [7, 11) is 0. The van der Waals surface area contributed by atoms with Crippen molar-refractivity contribution >= 4 is 34.1 Å². The highest BCUT2D eigenvalue weighted by Gasteiger charge is 2.06. The zero-order valence-electron chi connectivity index (χ0n) is 7.37. The molecule has 2 aromatic rings. The van der Waals surface area contributed by atoms with Gasteiger partial charge in [-0.05, 0) is 12.1 Å². The maximum Gasteiger partial charge on any atom is 0.0712 e. The van der Waals surface area contributed by atoms with Crippen molar-refractivity contribution in [2.75, 3.05) is 6.54 Å². The van der Waals surface area contributed by atoms with Crippen LogP contribution in [0.2, 0.25) is 10.0 Å². The Hall–Kier alpha value is -0.770. The molecule has 0 amide bonds. The van der Waals surface area contributed by atoms with Gasteiger partial charge in [-0.2, -0.15) is 5.10 Å². The Morgan fingerprint density at radius 3 is 2.86 bits per heavy atom. The summed E-state index contributed by atoms with van der Waals surface area (Å²) < 4.78 is 1.80. The molecule has 1 aromatic heterocycles. The molecule has 14 heavy (non-hydrogen) atoms. The number of halogens is 2. The van der Waals surface area contributed by atoms with Crippen molar-refractivity contribution in [1.29, 1.82) is 0 Å². The van der Waals surface area contributed by atoms with Gasteiger partial charge in [-0.15, -0.1) is 0 Å². The molecular formula is C9H9Cl2N3. The maximum absolute atomic E-state index is 6.01. The Morgan fingerprint density at radius 1 is 1.36 bits per heavy atom. The average Bonchev–Trinajstić information content (AvgIpc) is 2.49. The number of hydrogen-bond donors (Lipinski definition) is 1. The van der Waals surface area contributed by atoms with Crippen LogP contribution in [0.5, 0.6) is 0 Å². The molecule has 2 rings (SSSR count). The van der Waals surface area contributed by atoms with Crippen LogP contribution in [0.4, 0.5) is 0 Å². The van der Waals surface area contributed by atoms with E-state index < -0.39 is 0 Å². The van der Waals surface area contributed by atoms with Crippen molar-refractivity contribution in [3.8, 4) is 0 Å².